The van der Waals surface area contributed by atoms with Gasteiger partial charge in [0, 0.05) is 21.0 Å². The molecular formula is C24H33NO3Si. The molecule has 0 aliphatic carbocycles. The molecule has 5 heteroatoms. The maximum absolute atomic E-state index is 12.6. The van der Waals surface area contributed by atoms with Gasteiger partial charge in [0.2, 0.25) is 5.91 Å². The van der Waals surface area contributed by atoms with Crippen LogP contribution in [-0.2, 0) is 16.1 Å². The molecule has 4 nitrogen and oxygen atoms in total. The quantitative estimate of drug-likeness (QED) is 0.406. The minimum atomic E-state index is -1.24. The van der Waals surface area contributed by atoms with Gasteiger partial charge in [0.15, 0.2) is 0 Å². The Kier molecular flexibility index (Phi) is 8.64. The average molecular weight is 412 g/mol. The van der Waals surface area contributed by atoms with E-state index in [1.165, 1.54) is 0 Å². The van der Waals surface area contributed by atoms with Crippen LogP contribution in [0.5, 0.6) is 0 Å². The van der Waals surface area contributed by atoms with Crippen LogP contribution in [0.1, 0.15) is 42.1 Å². The summed E-state index contributed by atoms with van der Waals surface area (Å²) in [4.78, 5) is 24.4. The number of amides is 1. The molecule has 1 N–H and O–H groups in total. The maximum Gasteiger partial charge on any atom is 0.338 e. The van der Waals surface area contributed by atoms with Crippen LogP contribution >= 0.6 is 0 Å². The number of unbranched alkanes of at least 4 members (excludes halogenated alkanes) is 1. The normalized spacial score (nSPS) is 11.2. The van der Waals surface area contributed by atoms with Gasteiger partial charge >= 0.3 is 5.97 Å². The number of nitrogens with one attached hydrogen (secondary N) is 1. The van der Waals surface area contributed by atoms with Crippen molar-refractivity contribution in [3.8, 4) is 11.1 Å². The predicted octanol–water partition coefficient (Wildman–Crippen LogP) is 5.66. The number of benzene rings is 2. The smallest absolute Gasteiger partial charge is 0.338 e. The highest BCUT2D eigenvalue weighted by molar-refractivity contribution is 6.76. The minimum Gasteiger partial charge on any atom is -0.462 e. The zero-order valence-electron chi connectivity index (χ0n) is 18.1. The van der Waals surface area contributed by atoms with E-state index >= 15 is 0 Å². The lowest BCUT2D eigenvalue weighted by molar-refractivity contribution is -0.121. The Morgan fingerprint density at radius 2 is 1.69 bits per heavy atom. The van der Waals surface area contributed by atoms with Gasteiger partial charge in [0.25, 0.3) is 0 Å². The molecule has 0 unspecified atom stereocenters. The predicted molar refractivity (Wildman–Crippen MR) is 122 cm³/mol. The van der Waals surface area contributed by atoms with Gasteiger partial charge in [-0.15, -0.1) is 0 Å². The third kappa shape index (κ3) is 7.85. The molecule has 0 aliphatic rings. The molecule has 2 aromatic carbocycles. The summed E-state index contributed by atoms with van der Waals surface area (Å²) in [5.41, 5.74) is 3.45. The van der Waals surface area contributed by atoms with Gasteiger partial charge in [0.05, 0.1) is 12.2 Å². The molecule has 2 rings (SSSR count). The Balaban J connectivity index is 2.03. The summed E-state index contributed by atoms with van der Waals surface area (Å²) < 4.78 is 5.54. The SMILES string of the molecule is CCCCC(=O)NCc1ccc(-c2ccccc2C(=O)OCC[Si](C)(C)C)cc1. The fourth-order valence-corrected chi connectivity index (χ4v) is 3.58. The number of rotatable bonds is 10. The van der Waals surface area contributed by atoms with E-state index in [1.807, 2.05) is 48.5 Å². The highest BCUT2D eigenvalue weighted by Crippen LogP contribution is 2.25. The molecule has 2 aromatic rings. The molecule has 0 aliphatic heterocycles. The van der Waals surface area contributed by atoms with Crippen LogP contribution in [0.3, 0.4) is 0 Å². The van der Waals surface area contributed by atoms with Crippen LogP contribution < -0.4 is 5.32 Å². The van der Waals surface area contributed by atoms with E-state index in [0.29, 0.717) is 25.1 Å². The van der Waals surface area contributed by atoms with Crippen molar-refractivity contribution in [3.63, 3.8) is 0 Å². The molecule has 0 bridgehead atoms. The van der Waals surface area contributed by atoms with Gasteiger partial charge in [-0.05, 0) is 35.2 Å². The van der Waals surface area contributed by atoms with E-state index in [2.05, 4.69) is 31.9 Å². The van der Waals surface area contributed by atoms with Crippen LogP contribution in [-0.4, -0.2) is 26.6 Å². The highest BCUT2D eigenvalue weighted by atomic mass is 28.3. The third-order valence-electron chi connectivity index (χ3n) is 4.74. The fourth-order valence-electron chi connectivity index (χ4n) is 2.87. The first-order valence-electron chi connectivity index (χ1n) is 10.4. The standard InChI is InChI=1S/C24H33NO3Si/c1-5-6-11-23(26)25-18-19-12-14-20(15-13-19)21-9-7-8-10-22(21)24(27)28-16-17-29(2,3)4/h7-10,12-15H,5-6,11,16-18H2,1-4H3,(H,25,26). The van der Waals surface area contributed by atoms with Gasteiger partial charge in [-0.1, -0.05) is 75.5 Å². The Morgan fingerprint density at radius 3 is 2.34 bits per heavy atom. The van der Waals surface area contributed by atoms with Gasteiger partial charge in [0.1, 0.15) is 0 Å². The first-order valence-corrected chi connectivity index (χ1v) is 14.1. The zero-order valence-corrected chi connectivity index (χ0v) is 19.1. The fraction of sp³-hybridized carbons (Fsp3) is 0.417. The molecule has 156 valence electrons. The minimum absolute atomic E-state index is 0.0855. The molecule has 0 saturated heterocycles. The van der Waals surface area contributed by atoms with Crippen molar-refractivity contribution in [2.24, 2.45) is 0 Å². The Hall–Kier alpha value is -2.40. The number of carbonyl (C=O) groups excluding carboxylic acids is 2. The van der Waals surface area contributed by atoms with E-state index in [-0.39, 0.29) is 11.9 Å². The molecular weight excluding hydrogens is 378 g/mol. The van der Waals surface area contributed by atoms with Crippen molar-refractivity contribution in [1.82, 2.24) is 5.32 Å². The lowest BCUT2D eigenvalue weighted by Crippen LogP contribution is -2.22. The highest BCUT2D eigenvalue weighted by Gasteiger charge is 2.17. The largest absolute Gasteiger partial charge is 0.462 e. The average Bonchev–Trinajstić information content (AvgIpc) is 2.70. The molecule has 0 fully saturated rings. The van der Waals surface area contributed by atoms with Crippen molar-refractivity contribution < 1.29 is 14.3 Å². The summed E-state index contributed by atoms with van der Waals surface area (Å²) in [6, 6.07) is 16.5. The van der Waals surface area contributed by atoms with Crippen LogP contribution in [0.15, 0.2) is 48.5 Å². The van der Waals surface area contributed by atoms with Crippen LogP contribution in [0.4, 0.5) is 0 Å². The number of hydrogen-bond acceptors (Lipinski definition) is 3. The van der Waals surface area contributed by atoms with Crippen LogP contribution in [0, 0.1) is 0 Å². The third-order valence-corrected chi connectivity index (χ3v) is 6.45. The number of carbonyl (C=O) groups is 2. The molecule has 0 saturated carbocycles. The summed E-state index contributed by atoms with van der Waals surface area (Å²) in [7, 11) is -1.24. The van der Waals surface area contributed by atoms with E-state index in [9.17, 15) is 9.59 Å². The van der Waals surface area contributed by atoms with Crippen molar-refractivity contribution in [2.45, 2.75) is 58.4 Å². The number of esters is 1. The van der Waals surface area contributed by atoms with Crippen molar-refractivity contribution in [1.29, 1.82) is 0 Å². The molecule has 29 heavy (non-hydrogen) atoms. The number of hydrogen-bond donors (Lipinski definition) is 1. The monoisotopic (exact) mass is 411 g/mol. The van der Waals surface area contributed by atoms with Crippen LogP contribution in [0.25, 0.3) is 11.1 Å². The first-order chi connectivity index (χ1) is 13.8. The van der Waals surface area contributed by atoms with E-state index in [4.69, 9.17) is 4.74 Å². The van der Waals surface area contributed by atoms with Gasteiger partial charge in [-0.3, -0.25) is 4.79 Å². The van der Waals surface area contributed by atoms with Gasteiger partial charge in [-0.25, -0.2) is 4.79 Å². The van der Waals surface area contributed by atoms with E-state index in [1.54, 1.807) is 0 Å². The van der Waals surface area contributed by atoms with Crippen molar-refractivity contribution in [3.05, 3.63) is 59.7 Å². The summed E-state index contributed by atoms with van der Waals surface area (Å²) in [5, 5.41) is 2.95. The molecule has 0 radical (unpaired) electrons. The zero-order chi connectivity index (χ0) is 21.3. The van der Waals surface area contributed by atoms with Crippen molar-refractivity contribution >= 4 is 20.0 Å². The first kappa shape index (κ1) is 22.9. The molecule has 0 atom stereocenters. The number of ether oxygens (including phenoxy) is 1. The van der Waals surface area contributed by atoms with Crippen molar-refractivity contribution in [2.75, 3.05) is 6.61 Å². The summed E-state index contributed by atoms with van der Waals surface area (Å²) in [5.74, 6) is -0.187. The lowest BCUT2D eigenvalue weighted by atomic mass is 9.98. The molecule has 0 spiro atoms. The summed E-state index contributed by atoms with van der Waals surface area (Å²) >= 11 is 0. The molecule has 0 aromatic heterocycles. The topological polar surface area (TPSA) is 55.4 Å². The molecule has 1 amide bonds. The lowest BCUT2D eigenvalue weighted by Gasteiger charge is -2.16. The Labute approximate surface area is 175 Å². The summed E-state index contributed by atoms with van der Waals surface area (Å²) in [6.07, 6.45) is 2.50. The Bertz CT molecular complexity index is 810. The Morgan fingerprint density at radius 1 is 1.00 bits per heavy atom. The van der Waals surface area contributed by atoms with Gasteiger partial charge in [-0.2, -0.15) is 0 Å². The maximum atomic E-state index is 12.6. The van der Waals surface area contributed by atoms with Gasteiger partial charge < -0.3 is 10.1 Å². The second kappa shape index (κ2) is 11.0. The van der Waals surface area contributed by atoms with Crippen LogP contribution in [0.2, 0.25) is 25.7 Å². The second-order valence-corrected chi connectivity index (χ2v) is 14.2. The van der Waals surface area contributed by atoms with E-state index in [0.717, 1.165) is 35.6 Å². The second-order valence-electron chi connectivity index (χ2n) is 8.57. The van der Waals surface area contributed by atoms with E-state index < -0.39 is 8.07 Å². The summed E-state index contributed by atoms with van der Waals surface area (Å²) in [6.45, 7) is 9.86. The molecule has 0 heterocycles.